The van der Waals surface area contributed by atoms with Crippen molar-refractivity contribution in [2.45, 2.75) is 34.1 Å². The molecule has 6 nitrogen and oxygen atoms in total. The zero-order valence-corrected chi connectivity index (χ0v) is 18.1. The molecule has 2 amide bonds. The molecule has 0 aliphatic rings. The predicted octanol–water partition coefficient (Wildman–Crippen LogP) is 5.13. The maximum atomic E-state index is 12.1. The fourth-order valence-corrected chi connectivity index (χ4v) is 3.58. The Morgan fingerprint density at radius 2 is 1.87 bits per heavy atom. The Morgan fingerprint density at radius 1 is 1.13 bits per heavy atom. The van der Waals surface area contributed by atoms with Gasteiger partial charge in [-0.25, -0.2) is 10.2 Å². The third-order valence-corrected chi connectivity index (χ3v) is 5.11. The van der Waals surface area contributed by atoms with E-state index in [4.69, 9.17) is 4.74 Å². The number of amides is 2. The lowest BCUT2D eigenvalue weighted by Gasteiger charge is -2.17. The van der Waals surface area contributed by atoms with Crippen LogP contribution >= 0.6 is 0 Å². The zero-order valence-electron chi connectivity index (χ0n) is 18.1. The summed E-state index contributed by atoms with van der Waals surface area (Å²) in [6, 6.07) is 15.2. The molecule has 0 saturated carbocycles. The van der Waals surface area contributed by atoms with Crippen molar-refractivity contribution < 1.29 is 9.53 Å². The topological polar surface area (TPSA) is 67.7 Å². The van der Waals surface area contributed by atoms with E-state index in [9.17, 15) is 4.79 Å². The first-order valence-corrected chi connectivity index (χ1v) is 9.96. The Labute approximate surface area is 177 Å². The molecule has 2 N–H and O–H groups in total. The largest absolute Gasteiger partial charge is 0.497 e. The monoisotopic (exact) mass is 404 g/mol. The molecule has 3 rings (SSSR count). The van der Waals surface area contributed by atoms with Crippen molar-refractivity contribution in [3.05, 3.63) is 76.6 Å². The minimum atomic E-state index is -0.405. The number of nitrogens with zero attached hydrogens (tertiary/aromatic N) is 2. The first-order chi connectivity index (χ1) is 14.4. The van der Waals surface area contributed by atoms with Gasteiger partial charge in [0.15, 0.2) is 0 Å². The average molecular weight is 405 g/mol. The van der Waals surface area contributed by atoms with E-state index in [1.165, 1.54) is 16.8 Å². The summed E-state index contributed by atoms with van der Waals surface area (Å²) >= 11 is 0. The standard InChI is InChI=1S/C24H28N4O2/c1-6-19-9-7-8-16(2)23(19)28-17(3)14-20(18(28)4)15-25-27-24(29)26-21-10-12-22(30-5)13-11-21/h7-15H,6H2,1-5H3,(H2,26,27,29)/b25-15+. The van der Waals surface area contributed by atoms with Crippen LogP contribution in [0.3, 0.4) is 0 Å². The number of para-hydroxylation sites is 1. The molecule has 1 heterocycles. The smallest absolute Gasteiger partial charge is 0.339 e. The lowest BCUT2D eigenvalue weighted by molar-refractivity contribution is 0.252. The Morgan fingerprint density at radius 3 is 2.53 bits per heavy atom. The number of rotatable bonds is 6. The molecule has 3 aromatic rings. The minimum absolute atomic E-state index is 0.405. The second kappa shape index (κ2) is 9.31. The van der Waals surface area contributed by atoms with Gasteiger partial charge in [0.2, 0.25) is 0 Å². The SMILES string of the molecule is CCc1cccc(C)c1-n1c(C)cc(/C=N/NC(=O)Nc2ccc(OC)cc2)c1C. The van der Waals surface area contributed by atoms with E-state index in [0.29, 0.717) is 5.69 Å². The molecule has 0 unspecified atom stereocenters. The molecule has 0 aliphatic carbocycles. The molecular formula is C24H28N4O2. The number of hydrogen-bond acceptors (Lipinski definition) is 3. The summed E-state index contributed by atoms with van der Waals surface area (Å²) in [5.41, 5.74) is 10.1. The molecule has 0 bridgehead atoms. The van der Waals surface area contributed by atoms with Crippen LogP contribution in [0.25, 0.3) is 5.69 Å². The van der Waals surface area contributed by atoms with Crippen molar-refractivity contribution in [2.24, 2.45) is 5.10 Å². The summed E-state index contributed by atoms with van der Waals surface area (Å²) in [7, 11) is 1.60. The van der Waals surface area contributed by atoms with Crippen LogP contribution in [0.4, 0.5) is 10.5 Å². The number of urea groups is 1. The second-order valence-electron chi connectivity index (χ2n) is 7.15. The van der Waals surface area contributed by atoms with E-state index in [1.54, 1.807) is 37.6 Å². The van der Waals surface area contributed by atoms with Crippen LogP contribution < -0.4 is 15.5 Å². The number of benzene rings is 2. The molecule has 0 fully saturated rings. The number of aromatic nitrogens is 1. The Hall–Kier alpha value is -3.54. The molecule has 0 aliphatic heterocycles. The molecular weight excluding hydrogens is 376 g/mol. The molecule has 0 atom stereocenters. The van der Waals surface area contributed by atoms with Gasteiger partial charge in [0.1, 0.15) is 5.75 Å². The van der Waals surface area contributed by atoms with Gasteiger partial charge in [0, 0.05) is 22.6 Å². The van der Waals surface area contributed by atoms with Crippen LogP contribution in [-0.4, -0.2) is 23.9 Å². The maximum Gasteiger partial charge on any atom is 0.339 e. The van der Waals surface area contributed by atoms with Gasteiger partial charge in [-0.2, -0.15) is 5.10 Å². The maximum absolute atomic E-state index is 12.1. The number of carbonyl (C=O) groups is 1. The summed E-state index contributed by atoms with van der Waals surface area (Å²) in [6.07, 6.45) is 2.64. The summed E-state index contributed by atoms with van der Waals surface area (Å²) in [5.74, 6) is 0.731. The zero-order chi connectivity index (χ0) is 21.7. The van der Waals surface area contributed by atoms with Crippen LogP contribution in [0, 0.1) is 20.8 Å². The molecule has 1 aromatic heterocycles. The number of anilines is 1. The van der Waals surface area contributed by atoms with Gasteiger partial charge in [-0.3, -0.25) is 0 Å². The highest BCUT2D eigenvalue weighted by Crippen LogP contribution is 2.26. The lowest BCUT2D eigenvalue weighted by Crippen LogP contribution is -2.24. The molecule has 30 heavy (non-hydrogen) atoms. The van der Waals surface area contributed by atoms with Crippen molar-refractivity contribution in [3.63, 3.8) is 0 Å². The van der Waals surface area contributed by atoms with Crippen LogP contribution in [-0.2, 0) is 6.42 Å². The second-order valence-corrected chi connectivity index (χ2v) is 7.15. The van der Waals surface area contributed by atoms with E-state index in [-0.39, 0.29) is 0 Å². The van der Waals surface area contributed by atoms with E-state index < -0.39 is 6.03 Å². The molecule has 0 saturated heterocycles. The molecule has 0 radical (unpaired) electrons. The Kier molecular flexibility index (Phi) is 6.57. The molecule has 6 heteroatoms. The molecule has 2 aromatic carbocycles. The van der Waals surface area contributed by atoms with Gasteiger partial charge in [-0.1, -0.05) is 25.1 Å². The highest BCUT2D eigenvalue weighted by atomic mass is 16.5. The normalized spacial score (nSPS) is 11.0. The quantitative estimate of drug-likeness (QED) is 0.442. The third-order valence-electron chi connectivity index (χ3n) is 5.11. The fourth-order valence-electron chi connectivity index (χ4n) is 3.58. The number of ether oxygens (including phenoxy) is 1. The predicted molar refractivity (Wildman–Crippen MR) is 122 cm³/mol. The number of aryl methyl sites for hydroxylation is 3. The van der Waals surface area contributed by atoms with Gasteiger partial charge in [0.05, 0.1) is 19.0 Å². The molecule has 0 spiro atoms. The number of hydrazone groups is 1. The van der Waals surface area contributed by atoms with Gasteiger partial charge in [-0.05, 0) is 68.7 Å². The summed E-state index contributed by atoms with van der Waals surface area (Å²) in [4.78, 5) is 12.1. The van der Waals surface area contributed by atoms with Crippen molar-refractivity contribution in [3.8, 4) is 11.4 Å². The number of methoxy groups -OCH3 is 1. The van der Waals surface area contributed by atoms with Crippen molar-refractivity contribution in [1.82, 2.24) is 9.99 Å². The van der Waals surface area contributed by atoms with Gasteiger partial charge >= 0.3 is 6.03 Å². The van der Waals surface area contributed by atoms with Crippen molar-refractivity contribution in [2.75, 3.05) is 12.4 Å². The third kappa shape index (κ3) is 4.54. The van der Waals surface area contributed by atoms with Crippen LogP contribution in [0.15, 0.2) is 53.6 Å². The average Bonchev–Trinajstić information content (AvgIpc) is 3.01. The molecule has 156 valence electrons. The van der Waals surface area contributed by atoms with E-state index in [1.807, 2.05) is 0 Å². The minimum Gasteiger partial charge on any atom is -0.497 e. The van der Waals surface area contributed by atoms with Crippen LogP contribution in [0.2, 0.25) is 0 Å². The summed E-state index contributed by atoms with van der Waals surface area (Å²) < 4.78 is 7.37. The van der Waals surface area contributed by atoms with Crippen LogP contribution in [0.5, 0.6) is 5.75 Å². The van der Waals surface area contributed by atoms with E-state index >= 15 is 0 Å². The first-order valence-electron chi connectivity index (χ1n) is 9.96. The fraction of sp³-hybridized carbons (Fsp3) is 0.250. The van der Waals surface area contributed by atoms with Gasteiger partial charge < -0.3 is 14.6 Å². The number of hydrogen-bond donors (Lipinski definition) is 2. The number of nitrogens with one attached hydrogen (secondary N) is 2. The highest BCUT2D eigenvalue weighted by molar-refractivity contribution is 5.90. The highest BCUT2D eigenvalue weighted by Gasteiger charge is 2.14. The van der Waals surface area contributed by atoms with Crippen molar-refractivity contribution in [1.29, 1.82) is 0 Å². The first kappa shape index (κ1) is 21.2. The van der Waals surface area contributed by atoms with Gasteiger partial charge in [0.25, 0.3) is 0 Å². The summed E-state index contributed by atoms with van der Waals surface area (Å²) in [6.45, 7) is 8.45. The lowest BCUT2D eigenvalue weighted by atomic mass is 10.1. The van der Waals surface area contributed by atoms with Gasteiger partial charge in [-0.15, -0.1) is 0 Å². The Bertz CT molecular complexity index is 1070. The van der Waals surface area contributed by atoms with E-state index in [2.05, 4.69) is 72.4 Å². The summed E-state index contributed by atoms with van der Waals surface area (Å²) in [5, 5.41) is 6.85. The number of carbonyl (C=O) groups excluding carboxylic acids is 1. The van der Waals surface area contributed by atoms with Crippen LogP contribution in [0.1, 0.15) is 35.0 Å². The van der Waals surface area contributed by atoms with Crippen molar-refractivity contribution >= 4 is 17.9 Å². The van der Waals surface area contributed by atoms with E-state index in [0.717, 1.165) is 29.1 Å². The Balaban J connectivity index is 1.74.